The summed E-state index contributed by atoms with van der Waals surface area (Å²) in [5, 5.41) is 10.6. The molecule has 0 bridgehead atoms. The Morgan fingerprint density at radius 2 is 0.560 bits per heavy atom. The standard InChI is InChI=1S/C72H140O17P2/c1-7-10-12-14-16-18-26-31-35-42-48-54-69(74)82-60-67(88-72(77)57-51-45-37-33-29-25-23-21-20-22-24-28-30-34-40-46-52-64(4)5)62-86-90(78,79)84-58-66(73)59-85-91(80,81)87-63-68(61-83-70(75)55-49-43-39-38-41-47-53-65(6)9-3)89-71(76)56-50-44-36-32-27-19-17-15-13-11-8-2/h64-68,73H,7-63H2,1-6H3,(H,78,79)(H,80,81)/t65?,66-,67-,68-/m1/s1. The van der Waals surface area contributed by atoms with Gasteiger partial charge in [0.1, 0.15) is 19.3 Å². The number of carbonyl (C=O) groups excluding carboxylic acids is 4. The molecule has 0 amide bonds. The molecule has 0 fully saturated rings. The SMILES string of the molecule is CCCCCCCCCCCCCC(=O)OC[C@H](COP(=O)(O)OC[C@@H](O)COP(=O)(O)OC[C@@H](COC(=O)CCCCCCCCC(C)CC)OC(=O)CCCCCCCCCCCCC)OC(=O)CCCCCCCCCCCCCCCCCCC(C)C. The average Bonchev–Trinajstić information content (AvgIpc) is 3.73. The molecular formula is C72H140O17P2. The smallest absolute Gasteiger partial charge is 0.462 e. The monoisotopic (exact) mass is 1340 g/mol. The highest BCUT2D eigenvalue weighted by Gasteiger charge is 2.30. The second-order valence-corrected chi connectivity index (χ2v) is 29.6. The zero-order chi connectivity index (χ0) is 67.2. The Balaban J connectivity index is 5.21. The molecule has 6 atom stereocenters. The fourth-order valence-corrected chi connectivity index (χ4v) is 12.5. The summed E-state index contributed by atoms with van der Waals surface area (Å²) < 4.78 is 68.3. The summed E-state index contributed by atoms with van der Waals surface area (Å²) in [4.78, 5) is 72.6. The molecule has 3 unspecified atom stereocenters. The summed E-state index contributed by atoms with van der Waals surface area (Å²) in [6.07, 6.45) is 49.9. The molecule has 17 nitrogen and oxygen atoms in total. The number of aliphatic hydroxyl groups is 1. The highest BCUT2D eigenvalue weighted by Crippen LogP contribution is 2.45. The van der Waals surface area contributed by atoms with E-state index in [1.54, 1.807) is 0 Å². The van der Waals surface area contributed by atoms with E-state index in [9.17, 15) is 43.2 Å². The molecule has 0 rings (SSSR count). The second-order valence-electron chi connectivity index (χ2n) is 26.7. The molecule has 0 aromatic carbocycles. The van der Waals surface area contributed by atoms with Crippen molar-refractivity contribution in [3.05, 3.63) is 0 Å². The van der Waals surface area contributed by atoms with Gasteiger partial charge in [0.05, 0.1) is 26.4 Å². The van der Waals surface area contributed by atoms with Crippen molar-refractivity contribution in [1.29, 1.82) is 0 Å². The molecule has 19 heteroatoms. The van der Waals surface area contributed by atoms with Crippen LogP contribution in [0.2, 0.25) is 0 Å². The molecule has 0 aliphatic carbocycles. The van der Waals surface area contributed by atoms with E-state index in [0.29, 0.717) is 25.7 Å². The number of aliphatic hydroxyl groups excluding tert-OH is 1. The van der Waals surface area contributed by atoms with Crippen molar-refractivity contribution < 1.29 is 80.2 Å². The van der Waals surface area contributed by atoms with Gasteiger partial charge in [0.15, 0.2) is 12.2 Å². The predicted molar refractivity (Wildman–Crippen MR) is 368 cm³/mol. The van der Waals surface area contributed by atoms with Crippen LogP contribution in [-0.4, -0.2) is 96.7 Å². The maximum Gasteiger partial charge on any atom is 0.472 e. The summed E-state index contributed by atoms with van der Waals surface area (Å²) in [6, 6.07) is 0. The highest BCUT2D eigenvalue weighted by molar-refractivity contribution is 7.47. The molecule has 0 saturated heterocycles. The molecule has 0 aromatic heterocycles. The van der Waals surface area contributed by atoms with E-state index in [1.807, 2.05) is 0 Å². The van der Waals surface area contributed by atoms with Crippen molar-refractivity contribution in [3.8, 4) is 0 Å². The number of ether oxygens (including phenoxy) is 4. The van der Waals surface area contributed by atoms with Gasteiger partial charge in [-0.3, -0.25) is 37.3 Å². The van der Waals surface area contributed by atoms with Crippen LogP contribution >= 0.6 is 15.6 Å². The van der Waals surface area contributed by atoms with Gasteiger partial charge in [0.25, 0.3) is 0 Å². The zero-order valence-electron chi connectivity index (χ0n) is 59.1. The fourth-order valence-electron chi connectivity index (χ4n) is 10.9. The van der Waals surface area contributed by atoms with E-state index in [-0.39, 0.29) is 25.7 Å². The molecule has 91 heavy (non-hydrogen) atoms. The summed E-state index contributed by atoms with van der Waals surface area (Å²) in [5.41, 5.74) is 0. The Morgan fingerprint density at radius 1 is 0.319 bits per heavy atom. The van der Waals surface area contributed by atoms with Crippen LogP contribution in [-0.2, 0) is 65.4 Å². The largest absolute Gasteiger partial charge is 0.472 e. The molecule has 0 aliphatic rings. The molecular weight excluding hydrogens is 1200 g/mol. The van der Waals surface area contributed by atoms with Crippen molar-refractivity contribution in [2.24, 2.45) is 11.8 Å². The number of phosphoric ester groups is 2. The van der Waals surface area contributed by atoms with E-state index < -0.39 is 97.5 Å². The lowest BCUT2D eigenvalue weighted by molar-refractivity contribution is -0.161. The van der Waals surface area contributed by atoms with Gasteiger partial charge in [-0.1, -0.05) is 318 Å². The van der Waals surface area contributed by atoms with Gasteiger partial charge < -0.3 is 33.8 Å². The van der Waals surface area contributed by atoms with Crippen molar-refractivity contribution >= 4 is 39.5 Å². The van der Waals surface area contributed by atoms with Crippen LogP contribution < -0.4 is 0 Å². The summed E-state index contributed by atoms with van der Waals surface area (Å²) in [6.45, 7) is 9.55. The molecule has 0 radical (unpaired) electrons. The van der Waals surface area contributed by atoms with Crippen molar-refractivity contribution in [1.82, 2.24) is 0 Å². The number of unbranched alkanes of at least 4 members (excludes halogenated alkanes) is 40. The van der Waals surface area contributed by atoms with Crippen molar-refractivity contribution in [2.75, 3.05) is 39.6 Å². The maximum atomic E-state index is 13.0. The van der Waals surface area contributed by atoms with Gasteiger partial charge >= 0.3 is 39.5 Å². The Bertz CT molecular complexity index is 1770. The van der Waals surface area contributed by atoms with Crippen molar-refractivity contribution in [2.45, 2.75) is 387 Å². The van der Waals surface area contributed by atoms with Crippen LogP contribution in [0, 0.1) is 11.8 Å². The Labute approximate surface area is 556 Å². The average molecular weight is 1340 g/mol. The summed E-state index contributed by atoms with van der Waals surface area (Å²) >= 11 is 0. The third-order valence-corrected chi connectivity index (χ3v) is 19.0. The van der Waals surface area contributed by atoms with E-state index >= 15 is 0 Å². The maximum absolute atomic E-state index is 13.0. The Morgan fingerprint density at radius 3 is 0.835 bits per heavy atom. The zero-order valence-corrected chi connectivity index (χ0v) is 60.9. The minimum atomic E-state index is -4.95. The van der Waals surface area contributed by atoms with Crippen LogP contribution in [0.25, 0.3) is 0 Å². The van der Waals surface area contributed by atoms with Gasteiger partial charge in [0.2, 0.25) is 0 Å². The van der Waals surface area contributed by atoms with Crippen LogP contribution in [0.1, 0.15) is 369 Å². The highest BCUT2D eigenvalue weighted by atomic mass is 31.2. The molecule has 0 aliphatic heterocycles. The fraction of sp³-hybridized carbons (Fsp3) is 0.944. The molecule has 0 spiro atoms. The minimum absolute atomic E-state index is 0.106. The first-order valence-corrected chi connectivity index (χ1v) is 40.5. The van der Waals surface area contributed by atoms with Gasteiger partial charge in [-0.15, -0.1) is 0 Å². The lowest BCUT2D eigenvalue weighted by Gasteiger charge is -2.21. The van der Waals surface area contributed by atoms with Crippen LogP contribution in [0.3, 0.4) is 0 Å². The summed E-state index contributed by atoms with van der Waals surface area (Å²) in [7, 11) is -9.90. The molecule has 3 N–H and O–H groups in total. The Hall–Kier alpha value is -1.94. The molecule has 0 heterocycles. The van der Waals surface area contributed by atoms with E-state index in [1.165, 1.54) is 180 Å². The lowest BCUT2D eigenvalue weighted by Crippen LogP contribution is -2.30. The second kappa shape index (κ2) is 64.1. The quantitative estimate of drug-likeness (QED) is 0.0222. The summed E-state index contributed by atoms with van der Waals surface area (Å²) in [5.74, 6) is -0.581. The normalized spacial score (nSPS) is 14.4. The third-order valence-electron chi connectivity index (χ3n) is 17.1. The number of hydrogen-bond acceptors (Lipinski definition) is 15. The van der Waals surface area contributed by atoms with Gasteiger partial charge in [0, 0.05) is 25.7 Å². The number of phosphoric acid groups is 2. The lowest BCUT2D eigenvalue weighted by atomic mass is 10.00. The number of hydrogen-bond donors (Lipinski definition) is 3. The van der Waals surface area contributed by atoms with E-state index in [0.717, 1.165) is 108 Å². The number of rotatable bonds is 71. The first-order valence-electron chi connectivity index (χ1n) is 37.5. The van der Waals surface area contributed by atoms with E-state index in [2.05, 4.69) is 41.5 Å². The predicted octanol–water partition coefficient (Wildman–Crippen LogP) is 20.8. The number of esters is 4. The van der Waals surface area contributed by atoms with Crippen molar-refractivity contribution in [3.63, 3.8) is 0 Å². The third kappa shape index (κ3) is 65.1. The van der Waals surface area contributed by atoms with Crippen LogP contribution in [0.15, 0.2) is 0 Å². The Kier molecular flexibility index (Phi) is 62.7. The number of carbonyl (C=O) groups is 4. The molecule has 0 aromatic rings. The van der Waals surface area contributed by atoms with Gasteiger partial charge in [-0.25, -0.2) is 9.13 Å². The molecule has 0 saturated carbocycles. The van der Waals surface area contributed by atoms with Gasteiger partial charge in [-0.2, -0.15) is 0 Å². The van der Waals surface area contributed by atoms with Gasteiger partial charge in [-0.05, 0) is 37.5 Å². The first kappa shape index (κ1) is 89.1. The van der Waals surface area contributed by atoms with E-state index in [4.69, 9.17) is 37.0 Å². The van der Waals surface area contributed by atoms with Crippen LogP contribution in [0.4, 0.5) is 0 Å². The first-order chi connectivity index (χ1) is 43.9. The van der Waals surface area contributed by atoms with Crippen LogP contribution in [0.5, 0.6) is 0 Å². The topological polar surface area (TPSA) is 237 Å². The minimum Gasteiger partial charge on any atom is -0.462 e. The molecule has 540 valence electrons.